The van der Waals surface area contributed by atoms with Crippen molar-refractivity contribution in [3.05, 3.63) is 218 Å². The lowest BCUT2D eigenvalue weighted by Gasteiger charge is -2.27. The number of hydrogen-bond acceptors (Lipinski definition) is 3. The number of para-hydroxylation sites is 4. The molecule has 4 nitrogen and oxygen atoms in total. The molecule has 0 radical (unpaired) electrons. The average molecular weight is 705 g/mol. The van der Waals surface area contributed by atoms with E-state index in [0.29, 0.717) is 0 Å². The zero-order chi connectivity index (χ0) is 36.6. The van der Waals surface area contributed by atoms with Gasteiger partial charge in [-0.15, -0.1) is 0 Å². The first-order chi connectivity index (χ1) is 27.3. The van der Waals surface area contributed by atoms with Gasteiger partial charge in [-0.25, -0.2) is 4.98 Å². The first-order valence-corrected chi connectivity index (χ1v) is 18.6. The summed E-state index contributed by atoms with van der Waals surface area (Å²) in [5, 5.41) is 4.83. The minimum Gasteiger partial charge on any atom is -0.310 e. The van der Waals surface area contributed by atoms with Crippen molar-refractivity contribution in [2.75, 3.05) is 9.80 Å². The zero-order valence-corrected chi connectivity index (χ0v) is 30.1. The second kappa shape index (κ2) is 13.8. The maximum atomic E-state index is 5.22. The summed E-state index contributed by atoms with van der Waals surface area (Å²) in [5.41, 5.74) is 10.7. The molecule has 0 aliphatic carbocycles. The molecule has 1 aromatic heterocycles. The summed E-state index contributed by atoms with van der Waals surface area (Å²) in [6.07, 6.45) is 0. The fourth-order valence-electron chi connectivity index (χ4n) is 7.81. The van der Waals surface area contributed by atoms with Gasteiger partial charge in [0.1, 0.15) is 5.82 Å². The van der Waals surface area contributed by atoms with E-state index in [-0.39, 0.29) is 0 Å². The summed E-state index contributed by atoms with van der Waals surface area (Å²) in [6, 6.07) is 77.4. The molecule has 0 N–H and O–H groups in total. The quantitative estimate of drug-likeness (QED) is 0.157. The van der Waals surface area contributed by atoms with Gasteiger partial charge in [-0.05, 0) is 108 Å². The molecule has 4 heteroatoms. The van der Waals surface area contributed by atoms with Gasteiger partial charge in [0.2, 0.25) is 0 Å². The van der Waals surface area contributed by atoms with Crippen LogP contribution in [-0.4, -0.2) is 9.55 Å². The van der Waals surface area contributed by atoms with Gasteiger partial charge in [-0.1, -0.05) is 121 Å². The third-order valence-corrected chi connectivity index (χ3v) is 10.4. The minimum absolute atomic E-state index is 0.894. The van der Waals surface area contributed by atoms with Crippen molar-refractivity contribution in [2.24, 2.45) is 0 Å². The Hall–Kier alpha value is -7.43. The fourth-order valence-corrected chi connectivity index (χ4v) is 7.81. The van der Waals surface area contributed by atoms with Gasteiger partial charge in [0, 0.05) is 44.8 Å². The van der Waals surface area contributed by atoms with Crippen molar-refractivity contribution >= 4 is 66.7 Å². The largest absolute Gasteiger partial charge is 0.310 e. The summed E-state index contributed by atoms with van der Waals surface area (Å²) in [4.78, 5) is 9.89. The summed E-state index contributed by atoms with van der Waals surface area (Å²) in [5.74, 6) is 0.894. The predicted octanol–water partition coefficient (Wildman–Crippen LogP) is 13.9. The average Bonchev–Trinajstić information content (AvgIpc) is 3.65. The topological polar surface area (TPSA) is 24.3 Å². The molecule has 0 fully saturated rings. The third-order valence-electron chi connectivity index (χ3n) is 10.4. The van der Waals surface area contributed by atoms with E-state index in [1.54, 1.807) is 0 Å². The fraction of sp³-hybridized carbons (Fsp3) is 0. The van der Waals surface area contributed by atoms with Gasteiger partial charge >= 0.3 is 0 Å². The number of benzene rings is 9. The van der Waals surface area contributed by atoms with Gasteiger partial charge in [-0.3, -0.25) is 4.57 Å². The Labute approximate surface area is 320 Å². The summed E-state index contributed by atoms with van der Waals surface area (Å²) in [6.45, 7) is 0. The van der Waals surface area contributed by atoms with Crippen LogP contribution in [0.3, 0.4) is 0 Å². The van der Waals surface area contributed by atoms with Gasteiger partial charge in [0.05, 0.1) is 22.4 Å². The highest BCUT2D eigenvalue weighted by atomic mass is 15.2. The van der Waals surface area contributed by atoms with E-state index in [0.717, 1.165) is 62.2 Å². The molecule has 0 atom stereocenters. The molecule has 0 aliphatic heterocycles. The van der Waals surface area contributed by atoms with E-state index in [1.807, 2.05) is 0 Å². The van der Waals surface area contributed by atoms with Gasteiger partial charge in [-0.2, -0.15) is 0 Å². The highest BCUT2D eigenvalue weighted by Crippen LogP contribution is 2.41. The lowest BCUT2D eigenvalue weighted by Crippen LogP contribution is -2.10. The molecule has 1 heterocycles. The molecule has 10 aromatic rings. The number of rotatable bonds is 8. The normalized spacial score (nSPS) is 11.3. The Bertz CT molecular complexity index is 2900. The van der Waals surface area contributed by atoms with E-state index < -0.39 is 0 Å². The van der Waals surface area contributed by atoms with Crippen LogP contribution < -0.4 is 9.80 Å². The van der Waals surface area contributed by atoms with Crippen molar-refractivity contribution in [3.8, 4) is 17.1 Å². The van der Waals surface area contributed by atoms with Crippen LogP contribution in [0.5, 0.6) is 0 Å². The third kappa shape index (κ3) is 5.87. The van der Waals surface area contributed by atoms with Gasteiger partial charge in [0.15, 0.2) is 0 Å². The Morgan fingerprint density at radius 2 is 0.782 bits per heavy atom. The van der Waals surface area contributed by atoms with Crippen LogP contribution in [0.25, 0.3) is 49.7 Å². The molecular weight excluding hydrogens is 669 g/mol. The molecule has 0 unspecified atom stereocenters. The minimum atomic E-state index is 0.894. The number of hydrogen-bond donors (Lipinski definition) is 0. The molecule has 0 bridgehead atoms. The number of anilines is 6. The Morgan fingerprint density at radius 1 is 0.345 bits per heavy atom. The Kier molecular flexibility index (Phi) is 8.12. The summed E-state index contributed by atoms with van der Waals surface area (Å²) in [7, 11) is 0. The highest BCUT2D eigenvalue weighted by Gasteiger charge is 2.19. The second-order valence-corrected chi connectivity index (χ2v) is 13.7. The molecule has 0 saturated carbocycles. The Balaban J connectivity index is 1.07. The number of imidazole rings is 1. The van der Waals surface area contributed by atoms with Gasteiger partial charge < -0.3 is 9.80 Å². The Morgan fingerprint density at radius 3 is 1.35 bits per heavy atom. The molecule has 55 heavy (non-hydrogen) atoms. The monoisotopic (exact) mass is 704 g/mol. The second-order valence-electron chi connectivity index (χ2n) is 13.7. The molecule has 9 aromatic carbocycles. The predicted molar refractivity (Wildman–Crippen MR) is 231 cm³/mol. The summed E-state index contributed by atoms with van der Waals surface area (Å²) >= 11 is 0. The van der Waals surface area contributed by atoms with Crippen molar-refractivity contribution in [1.29, 1.82) is 0 Å². The molecule has 10 rings (SSSR count). The number of aromatic nitrogens is 2. The van der Waals surface area contributed by atoms with Crippen molar-refractivity contribution < 1.29 is 0 Å². The SMILES string of the molecule is c1ccc(N(c2ccc(-c3nc4ccccc4n3-c3ccc(N(c4ccccc4)c4cccc5ccccc45)cc3)cc2)c2cccc3ccccc23)cc1. The van der Waals surface area contributed by atoms with E-state index in [4.69, 9.17) is 4.98 Å². The van der Waals surface area contributed by atoms with Crippen LogP contribution in [0.2, 0.25) is 0 Å². The lowest BCUT2D eigenvalue weighted by molar-refractivity contribution is 1.10. The van der Waals surface area contributed by atoms with Crippen molar-refractivity contribution in [1.82, 2.24) is 9.55 Å². The maximum absolute atomic E-state index is 5.22. The van der Waals surface area contributed by atoms with E-state index in [2.05, 4.69) is 233 Å². The van der Waals surface area contributed by atoms with Crippen LogP contribution in [0, 0.1) is 0 Å². The lowest BCUT2D eigenvalue weighted by atomic mass is 10.1. The van der Waals surface area contributed by atoms with E-state index >= 15 is 0 Å². The molecule has 0 amide bonds. The number of fused-ring (bicyclic) bond motifs is 3. The standard InChI is InChI=1S/C51H36N4/c1-3-19-40(20-4-1)53(48-27-13-17-37-15-7-9-23-45(37)48)42-31-29-39(30-32-42)51-52-47-25-11-12-26-50(47)55(51)44-35-33-43(34-36-44)54(41-21-5-2-6-22-41)49-28-14-18-38-16-8-10-24-46(38)49/h1-36H. The molecule has 260 valence electrons. The smallest absolute Gasteiger partial charge is 0.145 e. The maximum Gasteiger partial charge on any atom is 0.145 e. The van der Waals surface area contributed by atoms with E-state index in [1.165, 1.54) is 21.5 Å². The molecule has 0 aliphatic rings. The van der Waals surface area contributed by atoms with Gasteiger partial charge in [0.25, 0.3) is 0 Å². The molecule has 0 spiro atoms. The first-order valence-electron chi connectivity index (χ1n) is 18.6. The molecule has 0 saturated heterocycles. The van der Waals surface area contributed by atoms with Crippen LogP contribution in [0.4, 0.5) is 34.1 Å². The first kappa shape index (κ1) is 32.2. The van der Waals surface area contributed by atoms with Crippen LogP contribution in [0.15, 0.2) is 218 Å². The summed E-state index contributed by atoms with van der Waals surface area (Å²) < 4.78 is 2.28. The van der Waals surface area contributed by atoms with Crippen LogP contribution in [0.1, 0.15) is 0 Å². The molecular formula is C51H36N4. The number of nitrogens with zero attached hydrogens (tertiary/aromatic N) is 4. The van der Waals surface area contributed by atoms with Crippen LogP contribution >= 0.6 is 0 Å². The van der Waals surface area contributed by atoms with Crippen molar-refractivity contribution in [3.63, 3.8) is 0 Å². The zero-order valence-electron chi connectivity index (χ0n) is 30.1. The van der Waals surface area contributed by atoms with Crippen LogP contribution in [-0.2, 0) is 0 Å². The highest BCUT2D eigenvalue weighted by molar-refractivity contribution is 6.00. The van der Waals surface area contributed by atoms with Crippen molar-refractivity contribution in [2.45, 2.75) is 0 Å². The van der Waals surface area contributed by atoms with E-state index in [9.17, 15) is 0 Å².